The van der Waals surface area contributed by atoms with E-state index in [2.05, 4.69) is 0 Å². The number of hydrogen-bond acceptors (Lipinski definition) is 8. The summed E-state index contributed by atoms with van der Waals surface area (Å²) in [7, 11) is 3.36. The normalized spacial score (nSPS) is 15.7. The number of aryl methyl sites for hydroxylation is 1. The number of ether oxygens (including phenoxy) is 2. The van der Waals surface area contributed by atoms with E-state index in [-0.39, 0.29) is 29.3 Å². The van der Waals surface area contributed by atoms with Crippen molar-refractivity contribution in [2.75, 3.05) is 59.4 Å². The first-order chi connectivity index (χ1) is 17.6. The van der Waals surface area contributed by atoms with Gasteiger partial charge in [-0.2, -0.15) is 4.31 Å². The number of sulfonamides is 1. The van der Waals surface area contributed by atoms with Crippen LogP contribution in [-0.4, -0.2) is 89.1 Å². The van der Waals surface area contributed by atoms with Gasteiger partial charge in [-0.1, -0.05) is 17.4 Å². The van der Waals surface area contributed by atoms with Crippen LogP contribution in [0, 0.1) is 6.92 Å². The van der Waals surface area contributed by atoms with Crippen LogP contribution in [0.25, 0.3) is 10.2 Å². The second-order valence-electron chi connectivity index (χ2n) is 9.46. The average Bonchev–Trinajstić information content (AvgIpc) is 3.55. The van der Waals surface area contributed by atoms with Crippen molar-refractivity contribution in [3.63, 3.8) is 0 Å². The Morgan fingerprint density at radius 2 is 1.84 bits per heavy atom. The van der Waals surface area contributed by atoms with Crippen LogP contribution < -0.4 is 9.64 Å². The molecule has 38 heavy (non-hydrogen) atoms. The molecule has 1 amide bonds. The Morgan fingerprint density at radius 3 is 2.45 bits per heavy atom. The number of thiazole rings is 1. The molecule has 2 heterocycles. The summed E-state index contributed by atoms with van der Waals surface area (Å²) < 4.78 is 39.5. The van der Waals surface area contributed by atoms with Crippen molar-refractivity contribution in [3.8, 4) is 5.75 Å². The first kappa shape index (κ1) is 30.3. The lowest BCUT2D eigenvalue weighted by Crippen LogP contribution is -2.37. The molecular weight excluding hydrogens is 548 g/mol. The van der Waals surface area contributed by atoms with Crippen molar-refractivity contribution in [2.45, 2.75) is 30.8 Å². The highest BCUT2D eigenvalue weighted by Gasteiger charge is 2.27. The third kappa shape index (κ3) is 6.47. The van der Waals surface area contributed by atoms with E-state index in [9.17, 15) is 13.2 Å². The first-order valence-electron chi connectivity index (χ1n) is 12.2. The zero-order valence-corrected chi connectivity index (χ0v) is 24.8. The molecule has 1 aliphatic heterocycles. The van der Waals surface area contributed by atoms with Crippen molar-refractivity contribution in [2.24, 2.45) is 0 Å². The number of methoxy groups -OCH3 is 1. The molecule has 1 saturated heterocycles. The Labute approximate surface area is 234 Å². The van der Waals surface area contributed by atoms with Crippen LogP contribution >= 0.6 is 23.7 Å². The molecule has 2 aromatic carbocycles. The highest BCUT2D eigenvalue weighted by molar-refractivity contribution is 7.89. The van der Waals surface area contributed by atoms with Crippen LogP contribution in [0.1, 0.15) is 28.8 Å². The molecule has 1 fully saturated rings. The molecule has 1 atom stereocenters. The third-order valence-electron chi connectivity index (χ3n) is 6.45. The minimum Gasteiger partial charge on any atom is -0.494 e. The average molecular weight is 583 g/mol. The summed E-state index contributed by atoms with van der Waals surface area (Å²) in [4.78, 5) is 22.2. The number of hydrogen-bond donors (Lipinski definition) is 0. The summed E-state index contributed by atoms with van der Waals surface area (Å²) in [6.45, 7) is 4.04. The van der Waals surface area contributed by atoms with Gasteiger partial charge in [0.1, 0.15) is 11.3 Å². The van der Waals surface area contributed by atoms with E-state index in [0.717, 1.165) is 28.6 Å². The lowest BCUT2D eigenvalue weighted by molar-refractivity contribution is 0.0978. The second kappa shape index (κ2) is 12.7. The van der Waals surface area contributed by atoms with Gasteiger partial charge in [0, 0.05) is 38.9 Å². The molecule has 0 bridgehead atoms. The summed E-state index contributed by atoms with van der Waals surface area (Å²) in [6, 6.07) is 9.97. The fourth-order valence-electron chi connectivity index (χ4n) is 4.24. The first-order valence-corrected chi connectivity index (χ1v) is 14.5. The molecule has 0 saturated carbocycles. The van der Waals surface area contributed by atoms with Gasteiger partial charge >= 0.3 is 0 Å². The van der Waals surface area contributed by atoms with Gasteiger partial charge in [-0.05, 0) is 69.8 Å². The summed E-state index contributed by atoms with van der Waals surface area (Å²) >= 11 is 1.44. The summed E-state index contributed by atoms with van der Waals surface area (Å²) in [6.07, 6.45) is 1.72. The molecule has 3 aromatic rings. The van der Waals surface area contributed by atoms with Crippen LogP contribution in [0.4, 0.5) is 5.13 Å². The predicted octanol–water partition coefficient (Wildman–Crippen LogP) is 4.04. The lowest BCUT2D eigenvalue weighted by Gasteiger charge is -2.23. The van der Waals surface area contributed by atoms with E-state index >= 15 is 0 Å². The van der Waals surface area contributed by atoms with Gasteiger partial charge in [-0.3, -0.25) is 9.69 Å². The van der Waals surface area contributed by atoms with Gasteiger partial charge in [-0.15, -0.1) is 12.4 Å². The monoisotopic (exact) mass is 582 g/mol. The molecule has 1 unspecified atom stereocenters. The van der Waals surface area contributed by atoms with Crippen LogP contribution in [-0.2, 0) is 14.8 Å². The SMILES string of the molecule is COc1ccc(C)c2sc(N(CCN(C)C)C(=O)c3ccc(S(=O)(=O)N(C)CC4CCCO4)cc3)nc12.Cl. The fourth-order valence-corrected chi connectivity index (χ4v) is 6.52. The molecule has 12 heteroatoms. The maximum Gasteiger partial charge on any atom is 0.260 e. The van der Waals surface area contributed by atoms with Gasteiger partial charge in [0.25, 0.3) is 5.91 Å². The molecular formula is C26H35ClN4O5S2. The molecule has 1 aromatic heterocycles. The number of nitrogens with zero attached hydrogens (tertiary/aromatic N) is 4. The Kier molecular flexibility index (Phi) is 10.1. The number of fused-ring (bicyclic) bond motifs is 1. The quantitative estimate of drug-likeness (QED) is 0.356. The van der Waals surface area contributed by atoms with Gasteiger partial charge in [0.05, 0.1) is 22.8 Å². The van der Waals surface area contributed by atoms with Crippen LogP contribution in [0.5, 0.6) is 5.75 Å². The van der Waals surface area contributed by atoms with E-state index in [4.69, 9.17) is 14.5 Å². The van der Waals surface area contributed by atoms with Crippen LogP contribution in [0.15, 0.2) is 41.3 Å². The van der Waals surface area contributed by atoms with E-state index in [1.54, 1.807) is 31.2 Å². The summed E-state index contributed by atoms with van der Waals surface area (Å²) in [5.74, 6) is 0.416. The maximum atomic E-state index is 13.7. The van der Waals surface area contributed by atoms with Gasteiger partial charge in [0.2, 0.25) is 10.0 Å². The van der Waals surface area contributed by atoms with Crippen molar-refractivity contribution < 1.29 is 22.7 Å². The summed E-state index contributed by atoms with van der Waals surface area (Å²) in [5, 5.41) is 0.572. The second-order valence-corrected chi connectivity index (χ2v) is 12.5. The zero-order valence-electron chi connectivity index (χ0n) is 22.3. The largest absolute Gasteiger partial charge is 0.494 e. The van der Waals surface area contributed by atoms with Gasteiger partial charge in [-0.25, -0.2) is 13.4 Å². The van der Waals surface area contributed by atoms with Crippen molar-refractivity contribution in [1.29, 1.82) is 0 Å². The number of anilines is 1. The molecule has 9 nitrogen and oxygen atoms in total. The Balaban J connectivity index is 0.00000400. The van der Waals surface area contributed by atoms with E-state index in [0.29, 0.717) is 42.7 Å². The standard InChI is InChI=1S/C26H34N4O5S2.ClH/c1-18-8-13-22(34-5)23-24(18)36-26(27-23)30(15-14-28(2)3)25(31)19-9-11-21(12-10-19)37(32,33)29(4)17-20-7-6-16-35-20;/h8-13,20H,6-7,14-17H2,1-5H3;1H. The fraction of sp³-hybridized carbons (Fsp3) is 0.462. The molecule has 1 aliphatic rings. The Bertz CT molecular complexity index is 1360. The van der Waals surface area contributed by atoms with Gasteiger partial charge in [0.15, 0.2) is 5.13 Å². The van der Waals surface area contributed by atoms with Crippen molar-refractivity contribution in [3.05, 3.63) is 47.5 Å². The van der Waals surface area contributed by atoms with Crippen LogP contribution in [0.2, 0.25) is 0 Å². The zero-order chi connectivity index (χ0) is 26.7. The minimum atomic E-state index is -3.70. The maximum absolute atomic E-state index is 13.7. The Hall–Kier alpha value is -2.28. The third-order valence-corrected chi connectivity index (χ3v) is 9.50. The van der Waals surface area contributed by atoms with Crippen molar-refractivity contribution >= 4 is 55.0 Å². The number of carbonyl (C=O) groups excluding carboxylic acids is 1. The smallest absolute Gasteiger partial charge is 0.260 e. The highest BCUT2D eigenvalue weighted by atomic mass is 35.5. The number of likely N-dealkylation sites (N-methyl/N-ethyl adjacent to an activating group) is 2. The minimum absolute atomic E-state index is 0. The molecule has 0 N–H and O–H groups in total. The Morgan fingerprint density at radius 1 is 1.13 bits per heavy atom. The van der Waals surface area contributed by atoms with Crippen molar-refractivity contribution in [1.82, 2.24) is 14.2 Å². The molecule has 0 aliphatic carbocycles. The number of rotatable bonds is 10. The van der Waals surface area contributed by atoms with E-state index in [1.807, 2.05) is 38.1 Å². The number of carbonyl (C=O) groups is 1. The number of amides is 1. The molecule has 208 valence electrons. The van der Waals surface area contributed by atoms with Crippen LogP contribution in [0.3, 0.4) is 0 Å². The molecule has 4 rings (SSSR count). The van der Waals surface area contributed by atoms with Gasteiger partial charge < -0.3 is 14.4 Å². The van der Waals surface area contributed by atoms with E-state index in [1.165, 1.54) is 27.8 Å². The predicted molar refractivity (Wildman–Crippen MR) is 154 cm³/mol. The molecule has 0 radical (unpaired) electrons. The summed E-state index contributed by atoms with van der Waals surface area (Å²) in [5.41, 5.74) is 2.17. The number of halogens is 1. The van der Waals surface area contributed by atoms with E-state index < -0.39 is 10.0 Å². The molecule has 0 spiro atoms. The highest BCUT2D eigenvalue weighted by Crippen LogP contribution is 2.37. The topological polar surface area (TPSA) is 92.3 Å². The number of aromatic nitrogens is 1. The lowest BCUT2D eigenvalue weighted by atomic mass is 10.2. The number of benzene rings is 2.